The van der Waals surface area contributed by atoms with E-state index < -0.39 is 6.89 Å². The quantitative estimate of drug-likeness (QED) is 0.237. The first-order valence-electron chi connectivity index (χ1n) is 10.3. The van der Waals surface area contributed by atoms with Crippen LogP contribution in [0, 0.1) is 0 Å². The second-order valence-corrected chi connectivity index (χ2v) is 13.2. The molecule has 0 saturated carbocycles. The van der Waals surface area contributed by atoms with Crippen molar-refractivity contribution in [1.29, 1.82) is 0 Å². The van der Waals surface area contributed by atoms with Crippen molar-refractivity contribution in [2.75, 3.05) is 12.5 Å². The minimum atomic E-state index is -2.36. The molecule has 4 aromatic rings. The fraction of sp³-hybridized carbons (Fsp3) is 0.0714. The maximum Gasteiger partial charge on any atom is 0.241 e. The van der Waals surface area contributed by atoms with Crippen molar-refractivity contribution in [2.45, 2.75) is 0 Å². The molecule has 0 fully saturated rings. The molecule has 0 atom stereocenters. The highest BCUT2D eigenvalue weighted by atomic mass is 32.2. The highest BCUT2D eigenvalue weighted by molar-refractivity contribution is 8.24. The smallest absolute Gasteiger partial charge is 0.241 e. The summed E-state index contributed by atoms with van der Waals surface area (Å²) in [4.78, 5) is 14.2. The van der Waals surface area contributed by atoms with Gasteiger partial charge in [0.25, 0.3) is 0 Å². The van der Waals surface area contributed by atoms with Gasteiger partial charge < -0.3 is 0 Å². The van der Waals surface area contributed by atoms with Gasteiger partial charge in [-0.15, -0.1) is 0 Å². The van der Waals surface area contributed by atoms with E-state index in [0.29, 0.717) is 0 Å². The van der Waals surface area contributed by atoms with Gasteiger partial charge in [0.2, 0.25) is 10.4 Å². The summed E-state index contributed by atoms with van der Waals surface area (Å²) in [5.74, 6) is 0.152. The Labute approximate surface area is 188 Å². The predicted molar refractivity (Wildman–Crippen MR) is 140 cm³/mol. The lowest BCUT2D eigenvalue weighted by Crippen LogP contribution is -2.37. The Morgan fingerprint density at radius 1 is 0.548 bits per heavy atom. The maximum atomic E-state index is 14.2. The minimum absolute atomic E-state index is 0.152. The molecule has 0 bridgehead atoms. The van der Waals surface area contributed by atoms with Gasteiger partial charge in [-0.3, -0.25) is 4.79 Å². The first kappa shape index (κ1) is 21.4. The van der Waals surface area contributed by atoms with Crippen LogP contribution in [0.1, 0.15) is 10.4 Å². The van der Waals surface area contributed by atoms with Gasteiger partial charge in [-0.1, -0.05) is 121 Å². The Bertz CT molecular complexity index is 1100. The number of hydrogen-bond acceptors (Lipinski definition) is 1. The third-order valence-corrected chi connectivity index (χ3v) is 12.3. The summed E-state index contributed by atoms with van der Waals surface area (Å²) in [6, 6.07) is 41.5. The third-order valence-electron chi connectivity index (χ3n) is 5.35. The van der Waals surface area contributed by atoms with Crippen molar-refractivity contribution in [1.82, 2.24) is 0 Å². The van der Waals surface area contributed by atoms with Crippen LogP contribution in [-0.2, 0) is 10.9 Å². The van der Waals surface area contributed by atoms with Crippen molar-refractivity contribution in [3.05, 3.63) is 127 Å². The van der Waals surface area contributed by atoms with Crippen LogP contribution in [0.2, 0.25) is 0 Å². The normalized spacial score (nSPS) is 11.3. The van der Waals surface area contributed by atoms with Gasteiger partial charge in [0.05, 0.1) is 0 Å². The average molecular weight is 442 g/mol. The zero-order chi connectivity index (χ0) is 21.7. The Balaban J connectivity index is 2.24. The van der Waals surface area contributed by atoms with Crippen molar-refractivity contribution < 1.29 is 4.79 Å². The second-order valence-electron chi connectivity index (χ2n) is 7.49. The number of hydrogen-bond donors (Lipinski definition) is 0. The fourth-order valence-corrected chi connectivity index (χ4v) is 11.6. The van der Waals surface area contributed by atoms with Gasteiger partial charge in [0.15, 0.2) is 0 Å². The molecule has 0 unspecified atom stereocenters. The highest BCUT2D eigenvalue weighted by Gasteiger charge is 2.40. The molecule has 1 nitrogen and oxygen atoms in total. The number of carbonyl (C=O) groups is 1. The summed E-state index contributed by atoms with van der Waals surface area (Å²) < 4.78 is 1.02. The first-order valence-corrected chi connectivity index (χ1v) is 14.1. The van der Waals surface area contributed by atoms with E-state index in [-0.39, 0.29) is 16.7 Å². The van der Waals surface area contributed by atoms with Crippen LogP contribution < -0.4 is 15.9 Å². The summed E-state index contributed by atoms with van der Waals surface area (Å²) in [6.07, 6.45) is 4.36. The highest BCUT2D eigenvalue weighted by Crippen LogP contribution is 2.47. The fourth-order valence-electron chi connectivity index (χ4n) is 4.08. The lowest BCUT2D eigenvalue weighted by atomic mass is 10.1. The van der Waals surface area contributed by atoms with Gasteiger partial charge in [-0.05, 0) is 15.9 Å². The SMILES string of the molecule is C[S+](C)C(C(=O)c1ccccc1)=P(c1ccccc1)(c1ccccc1)c1ccccc1. The Morgan fingerprint density at radius 2 is 0.871 bits per heavy atom. The largest absolute Gasteiger partial charge is 0.284 e. The molecule has 0 radical (unpaired) electrons. The molecular formula is C28H26OPS+. The van der Waals surface area contributed by atoms with E-state index in [1.54, 1.807) is 0 Å². The molecule has 4 aromatic carbocycles. The summed E-state index contributed by atoms with van der Waals surface area (Å²) in [7, 11) is -0.238. The Kier molecular flexibility index (Phi) is 6.61. The lowest BCUT2D eigenvalue weighted by molar-refractivity contribution is 0.107. The van der Waals surface area contributed by atoms with Gasteiger partial charge in [-0.2, -0.15) is 0 Å². The summed E-state index contributed by atoms with van der Waals surface area (Å²) in [5, 5.41) is 3.65. The Morgan fingerprint density at radius 3 is 1.19 bits per heavy atom. The van der Waals surface area contributed by atoms with Crippen molar-refractivity contribution in [3.63, 3.8) is 0 Å². The van der Waals surface area contributed by atoms with Gasteiger partial charge in [0.1, 0.15) is 12.5 Å². The monoisotopic (exact) mass is 441 g/mol. The van der Waals surface area contributed by atoms with Crippen LogP contribution in [0.5, 0.6) is 0 Å². The van der Waals surface area contributed by atoms with Crippen molar-refractivity contribution in [3.8, 4) is 0 Å². The van der Waals surface area contributed by atoms with Crippen LogP contribution in [0.3, 0.4) is 0 Å². The molecule has 0 N–H and O–H groups in total. The Hall–Kier alpha value is -2.80. The molecule has 0 aliphatic rings. The van der Waals surface area contributed by atoms with Crippen LogP contribution in [0.4, 0.5) is 0 Å². The average Bonchev–Trinajstić information content (AvgIpc) is 2.84. The second kappa shape index (κ2) is 9.56. The number of rotatable bonds is 6. The number of ketones is 1. The molecular weight excluding hydrogens is 415 g/mol. The van der Waals surface area contributed by atoms with Crippen molar-refractivity contribution >= 4 is 44.1 Å². The molecule has 3 heteroatoms. The van der Waals surface area contributed by atoms with Crippen LogP contribution in [-0.4, -0.2) is 22.9 Å². The molecule has 0 aliphatic carbocycles. The summed E-state index contributed by atoms with van der Waals surface area (Å²) in [6.45, 7) is -2.36. The lowest BCUT2D eigenvalue weighted by Gasteiger charge is -2.29. The zero-order valence-corrected chi connectivity index (χ0v) is 19.5. The number of Topliss-reactive ketones (excluding diaryl/α,β-unsaturated/α-hetero) is 1. The van der Waals surface area contributed by atoms with Crippen molar-refractivity contribution in [2.24, 2.45) is 0 Å². The van der Waals surface area contributed by atoms with E-state index in [4.69, 9.17) is 0 Å². The van der Waals surface area contributed by atoms with E-state index >= 15 is 0 Å². The summed E-state index contributed by atoms with van der Waals surface area (Å²) in [5.41, 5.74) is 0.755. The third kappa shape index (κ3) is 4.06. The standard InChI is InChI=1S/C28H26OPS/c1-31(2)28(27(29)23-15-7-3-8-16-23)30(24-17-9-4-10-18-24,25-19-11-5-12-20-25)26-21-13-6-14-22-26/h3-22H,1-2H3/q+1. The number of carbonyl (C=O) groups excluding carboxylic acids is 1. The molecule has 0 saturated heterocycles. The van der Waals surface area contributed by atoms with Gasteiger partial charge in [-0.25, -0.2) is 0 Å². The maximum absolute atomic E-state index is 14.2. The molecule has 0 heterocycles. The van der Waals surface area contributed by atoms with E-state index in [9.17, 15) is 4.79 Å². The molecule has 31 heavy (non-hydrogen) atoms. The van der Waals surface area contributed by atoms with Gasteiger partial charge in [0, 0.05) is 23.3 Å². The van der Waals surface area contributed by atoms with Crippen LogP contribution in [0.15, 0.2) is 121 Å². The first-order chi connectivity index (χ1) is 15.2. The van der Waals surface area contributed by atoms with E-state index in [2.05, 4.69) is 85.3 Å². The topological polar surface area (TPSA) is 17.1 Å². The summed E-state index contributed by atoms with van der Waals surface area (Å²) >= 11 is 0. The number of benzene rings is 4. The molecule has 0 spiro atoms. The predicted octanol–water partition coefficient (Wildman–Crippen LogP) is 4.87. The van der Waals surface area contributed by atoms with Gasteiger partial charge >= 0.3 is 0 Å². The molecule has 4 rings (SSSR count). The molecule has 0 aliphatic heterocycles. The molecule has 0 aromatic heterocycles. The van der Waals surface area contributed by atoms with Crippen LogP contribution in [0.25, 0.3) is 0 Å². The van der Waals surface area contributed by atoms with E-state index in [1.807, 2.05) is 48.5 Å². The van der Waals surface area contributed by atoms with E-state index in [1.165, 1.54) is 15.9 Å². The molecule has 0 amide bonds. The van der Waals surface area contributed by atoms with E-state index in [0.717, 1.165) is 10.2 Å². The zero-order valence-electron chi connectivity index (χ0n) is 17.8. The molecule has 154 valence electrons. The van der Waals surface area contributed by atoms with Crippen LogP contribution >= 0.6 is 6.89 Å². The minimum Gasteiger partial charge on any atom is -0.284 e.